The molecule has 2 heterocycles. The maximum Gasteiger partial charge on any atom is 0.255 e. The summed E-state index contributed by atoms with van der Waals surface area (Å²) in [6.07, 6.45) is -0.653. The molecule has 1 N–H and O–H groups in total. The van der Waals surface area contributed by atoms with E-state index in [9.17, 15) is 9.90 Å². The molecule has 0 aliphatic carbocycles. The van der Waals surface area contributed by atoms with Gasteiger partial charge in [-0.3, -0.25) is 4.79 Å². The first-order valence-electron chi connectivity index (χ1n) is 4.63. The fraction of sp³-hybridized carbons (Fsp3) is 0.889. The van der Waals surface area contributed by atoms with Crippen LogP contribution < -0.4 is 0 Å². The predicted octanol–water partition coefficient (Wildman–Crippen LogP) is -0.184. The average Bonchev–Trinajstić information content (AvgIpc) is 2.38. The molecule has 2 fully saturated rings. The van der Waals surface area contributed by atoms with Crippen LogP contribution in [0.5, 0.6) is 0 Å². The van der Waals surface area contributed by atoms with Gasteiger partial charge in [0.25, 0.3) is 5.79 Å². The highest BCUT2D eigenvalue weighted by Gasteiger charge is 2.54. The molecule has 0 aromatic carbocycles. The molecule has 0 aromatic heterocycles. The number of aliphatic hydroxyl groups excluding tert-OH is 1. The minimum absolute atomic E-state index is 0.0689. The van der Waals surface area contributed by atoms with E-state index in [4.69, 9.17) is 14.2 Å². The van der Waals surface area contributed by atoms with Gasteiger partial charge in [0, 0.05) is 6.42 Å². The fourth-order valence-corrected chi connectivity index (χ4v) is 1.67. The molecule has 1 spiro atoms. The highest BCUT2D eigenvalue weighted by atomic mass is 16.8. The first kappa shape index (κ1) is 10.0. The van der Waals surface area contributed by atoms with E-state index in [1.807, 2.05) is 0 Å². The second kappa shape index (κ2) is 3.00. The molecule has 2 aliphatic heterocycles. The summed E-state index contributed by atoms with van der Waals surface area (Å²) < 4.78 is 16.0. The summed E-state index contributed by atoms with van der Waals surface area (Å²) in [7, 11) is 0. The number of ketones is 1. The van der Waals surface area contributed by atoms with Crippen molar-refractivity contribution in [3.8, 4) is 0 Å². The summed E-state index contributed by atoms with van der Waals surface area (Å²) in [6, 6.07) is 0. The molecular formula is C9H14O5. The number of Topliss-reactive ketones (excluding diaryl/α,β-unsaturated/α-hetero) is 1. The summed E-state index contributed by atoms with van der Waals surface area (Å²) in [5.41, 5.74) is 0. The molecule has 0 unspecified atom stereocenters. The summed E-state index contributed by atoms with van der Waals surface area (Å²) in [5.74, 6) is -2.32. The van der Waals surface area contributed by atoms with Crippen molar-refractivity contribution in [2.75, 3.05) is 13.2 Å². The van der Waals surface area contributed by atoms with Crippen LogP contribution in [-0.2, 0) is 19.0 Å². The minimum atomic E-state index is -1.28. The van der Waals surface area contributed by atoms with Gasteiger partial charge in [-0.15, -0.1) is 0 Å². The van der Waals surface area contributed by atoms with Gasteiger partial charge in [0.2, 0.25) is 0 Å². The van der Waals surface area contributed by atoms with Gasteiger partial charge < -0.3 is 19.3 Å². The molecule has 5 nitrogen and oxygen atoms in total. The van der Waals surface area contributed by atoms with Gasteiger partial charge in [-0.1, -0.05) is 0 Å². The highest BCUT2D eigenvalue weighted by molar-refractivity contribution is 5.87. The van der Waals surface area contributed by atoms with Crippen LogP contribution in [-0.4, -0.2) is 41.8 Å². The molecular weight excluding hydrogens is 188 g/mol. The Morgan fingerprint density at radius 1 is 1.43 bits per heavy atom. The first-order valence-corrected chi connectivity index (χ1v) is 4.63. The number of rotatable bonds is 0. The Morgan fingerprint density at radius 2 is 2.14 bits per heavy atom. The van der Waals surface area contributed by atoms with E-state index in [1.54, 1.807) is 13.8 Å². The van der Waals surface area contributed by atoms with E-state index < -0.39 is 17.7 Å². The molecule has 2 atom stereocenters. The van der Waals surface area contributed by atoms with Gasteiger partial charge in [-0.05, 0) is 13.8 Å². The summed E-state index contributed by atoms with van der Waals surface area (Å²) in [5, 5.41) is 9.21. The van der Waals surface area contributed by atoms with E-state index in [2.05, 4.69) is 0 Å². The van der Waals surface area contributed by atoms with Gasteiger partial charge in [0.05, 0.1) is 12.7 Å². The second-order valence-electron chi connectivity index (χ2n) is 4.14. The quantitative estimate of drug-likeness (QED) is 0.590. The zero-order valence-electron chi connectivity index (χ0n) is 8.28. The number of hydrogen-bond donors (Lipinski definition) is 1. The molecule has 14 heavy (non-hydrogen) atoms. The van der Waals surface area contributed by atoms with Crippen molar-refractivity contribution < 1.29 is 24.1 Å². The lowest BCUT2D eigenvalue weighted by Crippen LogP contribution is -2.52. The number of aliphatic hydroxyl groups is 1. The third-order valence-electron chi connectivity index (χ3n) is 2.38. The monoisotopic (exact) mass is 202 g/mol. The molecule has 2 rings (SSSR count). The molecule has 0 saturated carbocycles. The Bertz CT molecular complexity index is 262. The van der Waals surface area contributed by atoms with Crippen LogP contribution in [0.25, 0.3) is 0 Å². The maximum absolute atomic E-state index is 11.6. The number of ether oxygens (including phenoxy) is 3. The van der Waals surface area contributed by atoms with Crippen molar-refractivity contribution in [1.82, 2.24) is 0 Å². The molecule has 0 amide bonds. The molecule has 80 valence electrons. The largest absolute Gasteiger partial charge is 0.390 e. The van der Waals surface area contributed by atoms with Crippen molar-refractivity contribution in [2.45, 2.75) is 37.9 Å². The predicted molar refractivity (Wildman–Crippen MR) is 45.4 cm³/mol. The molecule has 0 aromatic rings. The van der Waals surface area contributed by atoms with Crippen molar-refractivity contribution >= 4 is 5.78 Å². The fourth-order valence-electron chi connectivity index (χ4n) is 1.67. The number of hydrogen-bond acceptors (Lipinski definition) is 5. The third kappa shape index (κ3) is 1.56. The zero-order chi connectivity index (χ0) is 10.4. The van der Waals surface area contributed by atoms with E-state index in [1.165, 1.54) is 0 Å². The van der Waals surface area contributed by atoms with Crippen molar-refractivity contribution in [2.24, 2.45) is 0 Å². The van der Waals surface area contributed by atoms with Crippen LogP contribution in [0.15, 0.2) is 0 Å². The Kier molecular flexibility index (Phi) is 2.15. The second-order valence-corrected chi connectivity index (χ2v) is 4.14. The molecule has 5 heteroatoms. The lowest BCUT2D eigenvalue weighted by molar-refractivity contribution is -0.260. The van der Waals surface area contributed by atoms with Gasteiger partial charge in [-0.2, -0.15) is 0 Å². The topological polar surface area (TPSA) is 65.0 Å². The number of carbonyl (C=O) groups is 1. The first-order chi connectivity index (χ1) is 6.44. The molecule has 2 aliphatic rings. The van der Waals surface area contributed by atoms with E-state index in [0.29, 0.717) is 0 Å². The van der Waals surface area contributed by atoms with Crippen LogP contribution in [0.1, 0.15) is 20.3 Å². The highest BCUT2D eigenvalue weighted by Crippen LogP contribution is 2.35. The lowest BCUT2D eigenvalue weighted by Gasteiger charge is -2.33. The molecule has 2 saturated heterocycles. The van der Waals surface area contributed by atoms with Gasteiger partial charge in [-0.25, -0.2) is 0 Å². The number of carbonyl (C=O) groups excluding carboxylic acids is 1. The third-order valence-corrected chi connectivity index (χ3v) is 2.38. The van der Waals surface area contributed by atoms with Crippen molar-refractivity contribution in [3.63, 3.8) is 0 Å². The summed E-state index contributed by atoms with van der Waals surface area (Å²) in [4.78, 5) is 11.6. The smallest absolute Gasteiger partial charge is 0.255 e. The van der Waals surface area contributed by atoms with E-state index >= 15 is 0 Å². The Hall–Kier alpha value is -0.490. The Balaban J connectivity index is 2.14. The van der Waals surface area contributed by atoms with Crippen LogP contribution in [0.3, 0.4) is 0 Å². The van der Waals surface area contributed by atoms with Crippen LogP contribution in [0.2, 0.25) is 0 Å². The maximum atomic E-state index is 11.6. The van der Waals surface area contributed by atoms with Gasteiger partial charge in [0.15, 0.2) is 11.6 Å². The minimum Gasteiger partial charge on any atom is -0.390 e. The SMILES string of the molecule is CC1(C)OC[C@]2(OC[C@@H](O)CC2=O)O1. The average molecular weight is 202 g/mol. The zero-order valence-corrected chi connectivity index (χ0v) is 8.28. The summed E-state index contributed by atoms with van der Waals surface area (Å²) in [6.45, 7) is 3.67. The van der Waals surface area contributed by atoms with Crippen molar-refractivity contribution in [1.29, 1.82) is 0 Å². The van der Waals surface area contributed by atoms with Gasteiger partial charge in [0.1, 0.15) is 6.61 Å². The Labute approximate surface area is 81.9 Å². The molecule has 0 radical (unpaired) electrons. The Morgan fingerprint density at radius 3 is 2.64 bits per heavy atom. The lowest BCUT2D eigenvalue weighted by atomic mass is 10.0. The van der Waals surface area contributed by atoms with Crippen LogP contribution >= 0.6 is 0 Å². The molecule has 0 bridgehead atoms. The van der Waals surface area contributed by atoms with Crippen molar-refractivity contribution in [3.05, 3.63) is 0 Å². The normalized spacial score (nSPS) is 41.9. The van der Waals surface area contributed by atoms with Crippen LogP contribution in [0, 0.1) is 0 Å². The standard InChI is InChI=1S/C9H14O5/c1-8(2)13-5-9(14-8)7(11)3-6(10)4-12-9/h6,10H,3-5H2,1-2H3/t6-,9-/m0/s1. The van der Waals surface area contributed by atoms with Gasteiger partial charge >= 0.3 is 0 Å². The van der Waals surface area contributed by atoms with E-state index in [-0.39, 0.29) is 25.4 Å². The van der Waals surface area contributed by atoms with Crippen LogP contribution in [0.4, 0.5) is 0 Å². The van der Waals surface area contributed by atoms with E-state index in [0.717, 1.165) is 0 Å². The summed E-state index contributed by atoms with van der Waals surface area (Å²) >= 11 is 0.